The van der Waals surface area contributed by atoms with Gasteiger partial charge in [-0.25, -0.2) is 0 Å². The van der Waals surface area contributed by atoms with Crippen LogP contribution in [0.4, 0.5) is 34.1 Å². The second-order valence-corrected chi connectivity index (χ2v) is 20.4. The van der Waals surface area contributed by atoms with Gasteiger partial charge in [0.25, 0.3) is 0 Å². The maximum atomic E-state index is 7.16. The van der Waals surface area contributed by atoms with Crippen molar-refractivity contribution < 1.29 is 13.2 Å². The van der Waals surface area contributed by atoms with Crippen molar-refractivity contribution in [2.24, 2.45) is 0 Å². The number of rotatable bonds is 6. The Bertz CT molecular complexity index is 3540. The van der Waals surface area contributed by atoms with Gasteiger partial charge in [-0.15, -0.1) is 0 Å². The zero-order chi connectivity index (χ0) is 48.4. The molecule has 0 atom stereocenters. The largest absolute Gasteiger partial charge is 0.455 e. The van der Waals surface area contributed by atoms with E-state index in [1.807, 2.05) is 0 Å². The Hall–Kier alpha value is -7.82. The fraction of sp³-hybridized carbons (Fsp3) is 0.156. The molecule has 0 saturated carbocycles. The Morgan fingerprint density at radius 2 is 0.691 bits per heavy atom. The van der Waals surface area contributed by atoms with E-state index in [4.69, 9.17) is 11.8 Å². The summed E-state index contributed by atoms with van der Waals surface area (Å²) in [7, 11) is 0. The summed E-state index contributed by atoms with van der Waals surface area (Å²) < 4.78 is 24.3. The minimum atomic E-state index is -0.374. The van der Waals surface area contributed by atoms with Crippen molar-refractivity contribution in [3.05, 3.63) is 214 Å². The molecule has 334 valence electrons. The standard InChI is InChI=1S/C64H52N2O2.2H2/c1-37-17-25-41(26-18-37)65(42-27-19-38(2)20-28-42)53-35-51-57(61-59(53)45-13-9-11-15-55(45)67-61)47-33-50-48(34-49(47)63(51,5)6)58-52(64(50,7)8)36-54(60-46-14-10-12-16-56(46)68-62(58)60)66(43-29-21-39(3)22-30-43)44-31-23-40(4)24-32-44;;/h9-36H,1-8H3;2*1H/i;1+1D;1+1. The van der Waals surface area contributed by atoms with Crippen LogP contribution < -0.4 is 9.80 Å². The van der Waals surface area contributed by atoms with Gasteiger partial charge in [0, 0.05) is 59.9 Å². The van der Waals surface area contributed by atoms with Gasteiger partial charge in [-0.1, -0.05) is 135 Å². The first-order valence-electron chi connectivity index (χ1n) is 24.9. The summed E-state index contributed by atoms with van der Waals surface area (Å²) in [6, 6.07) is 62.6. The van der Waals surface area contributed by atoms with Crippen LogP contribution in [0.25, 0.3) is 66.1 Å². The van der Waals surface area contributed by atoms with Crippen LogP contribution >= 0.6 is 0 Å². The number of para-hydroxylation sites is 2. The molecule has 2 aliphatic rings. The Kier molecular flexibility index (Phi) is 8.30. The molecule has 0 aliphatic heterocycles. The van der Waals surface area contributed by atoms with Crippen molar-refractivity contribution in [2.75, 3.05) is 9.80 Å². The van der Waals surface area contributed by atoms with Gasteiger partial charge in [-0.05, 0) is 146 Å². The Morgan fingerprint density at radius 3 is 1.01 bits per heavy atom. The lowest BCUT2D eigenvalue weighted by Gasteiger charge is -2.29. The number of furan rings is 2. The summed E-state index contributed by atoms with van der Waals surface area (Å²) in [5.41, 5.74) is 24.4. The molecule has 0 bridgehead atoms. The number of anilines is 6. The van der Waals surface area contributed by atoms with Crippen LogP contribution in [0.15, 0.2) is 179 Å². The number of hydrogen-bond acceptors (Lipinski definition) is 4. The van der Waals surface area contributed by atoms with E-state index in [9.17, 15) is 0 Å². The molecule has 0 unspecified atom stereocenters. The molecular weight excluding hydrogens is 829 g/mol. The molecule has 0 amide bonds. The van der Waals surface area contributed by atoms with Crippen LogP contribution in [0.1, 0.15) is 76.6 Å². The van der Waals surface area contributed by atoms with Gasteiger partial charge in [-0.3, -0.25) is 0 Å². The maximum absolute atomic E-state index is 7.16. The molecule has 2 aromatic heterocycles. The lowest BCUT2D eigenvalue weighted by molar-refractivity contribution is 0.648. The minimum absolute atomic E-state index is 0. The van der Waals surface area contributed by atoms with Crippen molar-refractivity contribution in [3.8, 4) is 22.3 Å². The summed E-state index contributed by atoms with van der Waals surface area (Å²) in [6.07, 6.45) is 0. The Morgan fingerprint density at radius 1 is 0.382 bits per heavy atom. The average molecular weight is 888 g/mol. The molecule has 13 rings (SSSR count). The molecule has 0 saturated heterocycles. The molecule has 2 aliphatic carbocycles. The zero-order valence-electron chi connectivity index (χ0n) is 41.9. The lowest BCUT2D eigenvalue weighted by Crippen LogP contribution is -2.18. The lowest BCUT2D eigenvalue weighted by atomic mass is 9.79. The third-order valence-electron chi connectivity index (χ3n) is 15.3. The SMILES string of the molecule is Cc1ccc(N(c2ccc(C)cc2)c2cc3c(c4oc5ccccc5c24)-c2cc4c(cc2C3(C)C)-c2c(cc(N(c3ccc(C)cc3)c3ccc(C)cc3)c3c2oc2ccccc23)C4(C)C)cc1.[2HH].[2H][2H]. The number of fused-ring (bicyclic) bond motifs is 14. The molecular formula is C64H56N2O2. The molecule has 11 aromatic rings. The molecule has 68 heavy (non-hydrogen) atoms. The van der Waals surface area contributed by atoms with E-state index >= 15 is 0 Å². The van der Waals surface area contributed by atoms with Gasteiger partial charge in [0.05, 0.1) is 22.1 Å². The Balaban J connectivity index is 0.00000180. The van der Waals surface area contributed by atoms with Crippen LogP contribution in [-0.2, 0) is 10.8 Å². The molecule has 4 nitrogen and oxygen atoms in total. The first kappa shape index (κ1) is 39.4. The smallest absolute Gasteiger partial charge is 0.145 e. The van der Waals surface area contributed by atoms with Crippen molar-refractivity contribution >= 4 is 78.0 Å². The summed E-state index contributed by atoms with van der Waals surface area (Å²) in [5, 5.41) is 4.45. The third kappa shape index (κ3) is 5.73. The second kappa shape index (κ2) is 14.3. The van der Waals surface area contributed by atoms with Gasteiger partial charge in [0.2, 0.25) is 0 Å². The molecule has 0 fully saturated rings. The van der Waals surface area contributed by atoms with Crippen LogP contribution in [0.3, 0.4) is 0 Å². The number of benzene rings is 9. The van der Waals surface area contributed by atoms with Gasteiger partial charge in [-0.2, -0.15) is 0 Å². The van der Waals surface area contributed by atoms with Crippen molar-refractivity contribution in [1.82, 2.24) is 0 Å². The van der Waals surface area contributed by atoms with Crippen molar-refractivity contribution in [2.45, 2.75) is 66.2 Å². The van der Waals surface area contributed by atoms with Gasteiger partial charge >= 0.3 is 0 Å². The van der Waals surface area contributed by atoms with E-state index in [0.717, 1.165) is 78.0 Å². The zero-order valence-corrected chi connectivity index (χ0v) is 39.9. The van der Waals surface area contributed by atoms with Crippen LogP contribution in [-0.4, -0.2) is 0 Å². The highest BCUT2D eigenvalue weighted by atomic mass is 16.3. The first-order chi connectivity index (χ1) is 33.9. The van der Waals surface area contributed by atoms with E-state index < -0.39 is 0 Å². The molecule has 2 heterocycles. The topological polar surface area (TPSA) is 32.8 Å². The molecule has 0 radical (unpaired) electrons. The summed E-state index contributed by atoms with van der Waals surface area (Å²) >= 11 is 0. The summed E-state index contributed by atoms with van der Waals surface area (Å²) in [4.78, 5) is 4.85. The predicted octanol–water partition coefficient (Wildman–Crippen LogP) is 18.8. The van der Waals surface area contributed by atoms with Crippen LogP contribution in [0.5, 0.6) is 0 Å². The van der Waals surface area contributed by atoms with Crippen molar-refractivity contribution in [3.63, 3.8) is 0 Å². The van der Waals surface area contributed by atoms with Gasteiger partial charge in [0.1, 0.15) is 22.3 Å². The first-order valence-corrected chi connectivity index (χ1v) is 23.9. The summed E-state index contributed by atoms with van der Waals surface area (Å²) in [5.74, 6) is 0. The van der Waals surface area contributed by atoms with Crippen LogP contribution in [0, 0.1) is 27.7 Å². The van der Waals surface area contributed by atoms with E-state index in [1.165, 1.54) is 66.8 Å². The maximum Gasteiger partial charge on any atom is 0.145 e. The average Bonchev–Trinajstić information content (AvgIpc) is 4.07. The van der Waals surface area contributed by atoms with Crippen molar-refractivity contribution in [1.29, 1.82) is 0 Å². The predicted molar refractivity (Wildman–Crippen MR) is 289 cm³/mol. The van der Waals surface area contributed by atoms with E-state index in [2.05, 4.69) is 235 Å². The monoisotopic (exact) mass is 887 g/mol. The van der Waals surface area contributed by atoms with E-state index in [-0.39, 0.29) is 12.3 Å². The molecule has 0 N–H and O–H groups in total. The second-order valence-electron chi connectivity index (χ2n) is 20.4. The van der Waals surface area contributed by atoms with Crippen LogP contribution in [0.2, 0.25) is 0 Å². The van der Waals surface area contributed by atoms with Gasteiger partial charge < -0.3 is 18.6 Å². The number of hydrogen-bond donors (Lipinski definition) is 0. The highest BCUT2D eigenvalue weighted by Gasteiger charge is 2.45. The number of nitrogens with zero attached hydrogens (tertiary/aromatic N) is 2. The van der Waals surface area contributed by atoms with E-state index in [0.29, 0.717) is 0 Å². The molecule has 0 spiro atoms. The minimum Gasteiger partial charge on any atom is -0.455 e. The normalized spacial score (nSPS) is 14.2. The molecule has 9 aromatic carbocycles. The molecule has 4 heteroatoms. The fourth-order valence-corrected chi connectivity index (χ4v) is 11.6. The highest BCUT2D eigenvalue weighted by molar-refractivity contribution is 6.21. The third-order valence-corrected chi connectivity index (χ3v) is 15.3. The number of aryl methyl sites for hydroxylation is 4. The highest BCUT2D eigenvalue weighted by Crippen LogP contribution is 2.62. The quantitative estimate of drug-likeness (QED) is 0.167. The fourth-order valence-electron chi connectivity index (χ4n) is 11.6. The van der Waals surface area contributed by atoms with E-state index in [1.54, 1.807) is 0 Å². The van der Waals surface area contributed by atoms with Gasteiger partial charge in [0.15, 0.2) is 0 Å². The Labute approximate surface area is 402 Å². The summed E-state index contributed by atoms with van der Waals surface area (Å²) in [6.45, 7) is 18.2.